The van der Waals surface area contributed by atoms with E-state index in [-0.39, 0.29) is 22.1 Å². The molecule has 0 aliphatic heterocycles. The molecule has 6 heteroatoms. The van der Waals surface area contributed by atoms with Gasteiger partial charge in [-0.1, -0.05) is 6.07 Å². The molecule has 4 nitrogen and oxygen atoms in total. The summed E-state index contributed by atoms with van der Waals surface area (Å²) in [5.41, 5.74) is -0.185. The molecule has 0 bridgehead atoms. The van der Waals surface area contributed by atoms with Crippen molar-refractivity contribution in [2.45, 2.75) is 6.92 Å². The number of aromatic carboxylic acids is 1. The Morgan fingerprint density at radius 2 is 1.89 bits per heavy atom. The van der Waals surface area contributed by atoms with Gasteiger partial charge in [0.2, 0.25) is 0 Å². The molecule has 0 amide bonds. The second kappa shape index (κ2) is 4.64. The Morgan fingerprint density at radius 3 is 2.47 bits per heavy atom. The van der Waals surface area contributed by atoms with Crippen LogP contribution >= 0.6 is 0 Å². The van der Waals surface area contributed by atoms with Gasteiger partial charge in [-0.15, -0.1) is 0 Å². The highest BCUT2D eigenvalue weighted by Gasteiger charge is 2.17. The molecule has 0 saturated heterocycles. The lowest BCUT2D eigenvalue weighted by atomic mass is 10.0. The maximum absolute atomic E-state index is 13.7. The Labute approximate surface area is 106 Å². The van der Waals surface area contributed by atoms with Crippen LogP contribution in [-0.2, 0) is 4.79 Å². The summed E-state index contributed by atoms with van der Waals surface area (Å²) in [7, 11) is 0. The Balaban J connectivity index is 2.82. The van der Waals surface area contributed by atoms with E-state index in [0.29, 0.717) is 0 Å². The predicted octanol–water partition coefficient (Wildman–Crippen LogP) is 2.74. The molecule has 0 aromatic heterocycles. The molecule has 0 atom stereocenters. The molecule has 2 aromatic carbocycles. The third-order valence-electron chi connectivity index (χ3n) is 2.47. The van der Waals surface area contributed by atoms with Gasteiger partial charge in [0.25, 0.3) is 0 Å². The van der Waals surface area contributed by atoms with Crippen molar-refractivity contribution in [3.05, 3.63) is 41.5 Å². The van der Waals surface area contributed by atoms with Crippen LogP contribution in [0.5, 0.6) is 5.75 Å². The summed E-state index contributed by atoms with van der Waals surface area (Å²) in [4.78, 5) is 21.9. The molecule has 0 heterocycles. The molecule has 0 saturated carbocycles. The van der Waals surface area contributed by atoms with Crippen LogP contribution in [0.25, 0.3) is 10.8 Å². The number of rotatable bonds is 2. The van der Waals surface area contributed by atoms with Gasteiger partial charge in [-0.2, -0.15) is 0 Å². The van der Waals surface area contributed by atoms with Gasteiger partial charge >= 0.3 is 11.9 Å². The zero-order valence-corrected chi connectivity index (χ0v) is 9.74. The fourth-order valence-electron chi connectivity index (χ4n) is 1.72. The van der Waals surface area contributed by atoms with Crippen molar-refractivity contribution in [3.63, 3.8) is 0 Å². The molecule has 0 aliphatic carbocycles. The van der Waals surface area contributed by atoms with E-state index < -0.39 is 23.6 Å². The van der Waals surface area contributed by atoms with Crippen molar-refractivity contribution in [1.82, 2.24) is 0 Å². The number of esters is 1. The van der Waals surface area contributed by atoms with Crippen LogP contribution in [0.15, 0.2) is 24.3 Å². The van der Waals surface area contributed by atoms with Crippen molar-refractivity contribution in [3.8, 4) is 5.75 Å². The maximum Gasteiger partial charge on any atom is 0.335 e. The number of carboxylic acids is 1. The molecule has 0 radical (unpaired) electrons. The zero-order chi connectivity index (χ0) is 14.2. The summed E-state index contributed by atoms with van der Waals surface area (Å²) in [6.45, 7) is 1.08. The van der Waals surface area contributed by atoms with Crippen LogP contribution in [0.2, 0.25) is 0 Å². The van der Waals surface area contributed by atoms with Crippen LogP contribution in [0.1, 0.15) is 17.3 Å². The average Bonchev–Trinajstić information content (AvgIpc) is 2.32. The molecular formula is C13H8F2O4. The van der Waals surface area contributed by atoms with Crippen molar-refractivity contribution >= 4 is 22.7 Å². The summed E-state index contributed by atoms with van der Waals surface area (Å²) in [6, 6.07) is 4.25. The SMILES string of the molecule is CC(=O)Oc1cc(C(=O)O)cc2ccc(F)c(F)c12. The number of fused-ring (bicyclic) bond motifs is 1. The van der Waals surface area contributed by atoms with Gasteiger partial charge in [0.1, 0.15) is 5.75 Å². The van der Waals surface area contributed by atoms with Gasteiger partial charge in [-0.05, 0) is 23.6 Å². The molecule has 0 unspecified atom stereocenters. The summed E-state index contributed by atoms with van der Waals surface area (Å²) < 4.78 is 31.7. The first kappa shape index (κ1) is 12.9. The third kappa shape index (κ3) is 2.37. The topological polar surface area (TPSA) is 63.6 Å². The number of halogens is 2. The minimum Gasteiger partial charge on any atom is -0.478 e. The van der Waals surface area contributed by atoms with E-state index in [0.717, 1.165) is 19.1 Å². The van der Waals surface area contributed by atoms with Gasteiger partial charge in [0.15, 0.2) is 11.6 Å². The summed E-state index contributed by atoms with van der Waals surface area (Å²) in [5.74, 6) is -4.64. The monoisotopic (exact) mass is 266 g/mol. The van der Waals surface area contributed by atoms with Crippen LogP contribution in [-0.4, -0.2) is 17.0 Å². The molecule has 2 rings (SSSR count). The Morgan fingerprint density at radius 1 is 1.21 bits per heavy atom. The quantitative estimate of drug-likeness (QED) is 0.670. The summed E-state index contributed by atoms with van der Waals surface area (Å²) in [6.07, 6.45) is 0. The number of carbonyl (C=O) groups excluding carboxylic acids is 1. The van der Waals surface area contributed by atoms with E-state index in [9.17, 15) is 18.4 Å². The number of hydrogen-bond acceptors (Lipinski definition) is 3. The highest BCUT2D eigenvalue weighted by atomic mass is 19.2. The first-order valence-electron chi connectivity index (χ1n) is 5.23. The van der Waals surface area contributed by atoms with Crippen LogP contribution in [0.4, 0.5) is 8.78 Å². The van der Waals surface area contributed by atoms with Crippen molar-refractivity contribution in [2.24, 2.45) is 0 Å². The molecule has 0 fully saturated rings. The molecule has 19 heavy (non-hydrogen) atoms. The zero-order valence-electron chi connectivity index (χ0n) is 9.74. The first-order chi connectivity index (χ1) is 8.90. The van der Waals surface area contributed by atoms with Gasteiger partial charge in [0.05, 0.1) is 10.9 Å². The van der Waals surface area contributed by atoms with Gasteiger partial charge < -0.3 is 9.84 Å². The van der Waals surface area contributed by atoms with Crippen LogP contribution in [0, 0.1) is 11.6 Å². The first-order valence-corrected chi connectivity index (χ1v) is 5.23. The van der Waals surface area contributed by atoms with E-state index in [1.165, 1.54) is 12.1 Å². The maximum atomic E-state index is 13.7. The lowest BCUT2D eigenvalue weighted by molar-refractivity contribution is -0.131. The minimum absolute atomic E-state index is 0.134. The lowest BCUT2D eigenvalue weighted by Gasteiger charge is -2.09. The molecule has 0 spiro atoms. The Hall–Kier alpha value is -2.50. The number of carboxylic acid groups (broad SMARTS) is 1. The van der Waals surface area contributed by atoms with E-state index in [1.807, 2.05) is 0 Å². The largest absolute Gasteiger partial charge is 0.478 e. The second-order valence-corrected chi connectivity index (χ2v) is 3.83. The molecule has 0 aliphatic rings. The standard InChI is InChI=1S/C13H8F2O4/c1-6(16)19-10-5-8(13(17)18)4-7-2-3-9(14)12(15)11(7)10/h2-5H,1H3,(H,17,18). The minimum atomic E-state index is -1.26. The summed E-state index contributed by atoms with van der Waals surface area (Å²) in [5, 5.41) is 8.79. The number of benzene rings is 2. The van der Waals surface area contributed by atoms with E-state index in [2.05, 4.69) is 0 Å². The van der Waals surface area contributed by atoms with E-state index in [1.54, 1.807) is 0 Å². The average molecular weight is 266 g/mol. The van der Waals surface area contributed by atoms with Gasteiger partial charge in [-0.25, -0.2) is 13.6 Å². The Bertz CT molecular complexity index is 695. The highest BCUT2D eigenvalue weighted by molar-refractivity contribution is 5.98. The van der Waals surface area contributed by atoms with Crippen LogP contribution in [0.3, 0.4) is 0 Å². The fourth-order valence-corrected chi connectivity index (χ4v) is 1.72. The van der Waals surface area contributed by atoms with Crippen molar-refractivity contribution in [1.29, 1.82) is 0 Å². The number of ether oxygens (including phenoxy) is 1. The number of carbonyl (C=O) groups is 2. The van der Waals surface area contributed by atoms with Crippen LogP contribution < -0.4 is 4.74 Å². The van der Waals surface area contributed by atoms with E-state index in [4.69, 9.17) is 9.84 Å². The smallest absolute Gasteiger partial charge is 0.335 e. The van der Waals surface area contributed by atoms with E-state index >= 15 is 0 Å². The summed E-state index contributed by atoms with van der Waals surface area (Å²) >= 11 is 0. The second-order valence-electron chi connectivity index (χ2n) is 3.83. The van der Waals surface area contributed by atoms with Gasteiger partial charge in [-0.3, -0.25) is 4.79 Å². The normalized spacial score (nSPS) is 10.5. The fraction of sp³-hybridized carbons (Fsp3) is 0.0769. The molecule has 2 aromatic rings. The number of hydrogen-bond donors (Lipinski definition) is 1. The van der Waals surface area contributed by atoms with Crippen molar-refractivity contribution < 1.29 is 28.2 Å². The third-order valence-corrected chi connectivity index (χ3v) is 2.47. The van der Waals surface area contributed by atoms with Crippen molar-refractivity contribution in [2.75, 3.05) is 0 Å². The lowest BCUT2D eigenvalue weighted by Crippen LogP contribution is -2.05. The van der Waals surface area contributed by atoms with Gasteiger partial charge in [0, 0.05) is 6.92 Å². The Kier molecular flexibility index (Phi) is 3.16. The highest BCUT2D eigenvalue weighted by Crippen LogP contribution is 2.31. The molecule has 1 N–H and O–H groups in total. The molecular weight excluding hydrogens is 258 g/mol. The predicted molar refractivity (Wildman–Crippen MR) is 62.1 cm³/mol. The molecule has 98 valence electrons.